The predicted molar refractivity (Wildman–Crippen MR) is 157 cm³/mol. The third-order valence-electron chi connectivity index (χ3n) is 5.34. The van der Waals surface area contributed by atoms with Crippen molar-refractivity contribution >= 4 is 63.4 Å². The molecule has 204 valence electrons. The van der Waals surface area contributed by atoms with E-state index in [4.69, 9.17) is 18.9 Å². The van der Waals surface area contributed by atoms with Gasteiger partial charge in [-0.2, -0.15) is 5.10 Å². The van der Waals surface area contributed by atoms with E-state index >= 15 is 0 Å². The molecule has 0 unspecified atom stereocenters. The van der Waals surface area contributed by atoms with Gasteiger partial charge in [-0.25, -0.2) is 9.59 Å². The molecule has 0 fully saturated rings. The van der Waals surface area contributed by atoms with Gasteiger partial charge in [0.1, 0.15) is 12.4 Å². The second-order valence-corrected chi connectivity index (χ2v) is 10.3. The minimum absolute atomic E-state index is 0.131. The summed E-state index contributed by atoms with van der Waals surface area (Å²) in [5.74, 6) is 0.878. The number of hydrazone groups is 1. The van der Waals surface area contributed by atoms with Crippen LogP contribution in [0.15, 0.2) is 46.7 Å². The van der Waals surface area contributed by atoms with Gasteiger partial charge in [-0.3, -0.25) is 5.43 Å². The van der Waals surface area contributed by atoms with Gasteiger partial charge in [0.15, 0.2) is 17.7 Å². The fraction of sp³-hybridized carbons (Fsp3) is 0.320. The van der Waals surface area contributed by atoms with Crippen LogP contribution in [0.3, 0.4) is 0 Å². The molecule has 0 spiro atoms. The van der Waals surface area contributed by atoms with Crippen molar-refractivity contribution in [3.05, 3.63) is 59.9 Å². The molecule has 0 saturated heterocycles. The predicted octanol–water partition coefficient (Wildman–Crippen LogP) is 3.42. The highest BCUT2D eigenvalue weighted by Gasteiger charge is 2.32. The van der Waals surface area contributed by atoms with Crippen molar-refractivity contribution in [3.63, 3.8) is 0 Å². The van der Waals surface area contributed by atoms with Crippen LogP contribution in [0.25, 0.3) is 0 Å². The van der Waals surface area contributed by atoms with Crippen molar-refractivity contribution in [2.24, 2.45) is 5.10 Å². The number of halogens is 2. The maximum atomic E-state index is 12.4. The lowest BCUT2D eigenvalue weighted by molar-refractivity contribution is -0.136. The largest absolute Gasteiger partial charge is 0.495 e. The molecule has 1 aliphatic rings. The number of hydrogen-bond donors (Lipinski definition) is 4. The van der Waals surface area contributed by atoms with Crippen LogP contribution in [0.1, 0.15) is 31.0 Å². The average molecular weight is 750 g/mol. The van der Waals surface area contributed by atoms with Gasteiger partial charge < -0.3 is 34.7 Å². The van der Waals surface area contributed by atoms with Crippen LogP contribution in [0, 0.1) is 7.14 Å². The first kappa shape index (κ1) is 29.8. The summed E-state index contributed by atoms with van der Waals surface area (Å²) in [4.78, 5) is 24.5. The van der Waals surface area contributed by atoms with Crippen LogP contribution >= 0.6 is 45.2 Å². The summed E-state index contributed by atoms with van der Waals surface area (Å²) in [6.45, 7) is 3.66. The molecule has 2 aromatic rings. The monoisotopic (exact) mass is 750 g/mol. The number of nitrogens with zero attached hydrogens (tertiary/aromatic N) is 1. The first-order chi connectivity index (χ1) is 18.2. The van der Waals surface area contributed by atoms with Crippen LogP contribution in [0.5, 0.6) is 17.2 Å². The molecule has 0 aromatic heterocycles. The van der Waals surface area contributed by atoms with E-state index in [0.29, 0.717) is 35.1 Å². The van der Waals surface area contributed by atoms with Crippen LogP contribution in [-0.2, 0) is 9.53 Å². The van der Waals surface area contributed by atoms with E-state index in [9.17, 15) is 14.7 Å². The molecular formula is C25H28I2N4O7. The SMILES string of the molecule is CCOc1cc([C@@H]2NC(=O)NC(C)=C2C(=O)OC)ccc1OC[C@H](O)N/N=C/c1cc(I)cc(I)c1OC. The van der Waals surface area contributed by atoms with Crippen molar-refractivity contribution in [1.82, 2.24) is 16.1 Å². The van der Waals surface area contributed by atoms with Gasteiger partial charge in [-0.1, -0.05) is 6.07 Å². The van der Waals surface area contributed by atoms with E-state index in [0.717, 1.165) is 12.7 Å². The number of carbonyl (C=O) groups excluding carboxylic acids is 2. The summed E-state index contributed by atoms with van der Waals surface area (Å²) in [5.41, 5.74) is 4.66. The Morgan fingerprint density at radius 3 is 2.66 bits per heavy atom. The Kier molecular flexibility index (Phi) is 10.8. The second-order valence-electron chi connectivity index (χ2n) is 7.93. The van der Waals surface area contributed by atoms with Crippen molar-refractivity contribution in [2.45, 2.75) is 26.1 Å². The van der Waals surface area contributed by atoms with Crippen LogP contribution in [0.4, 0.5) is 4.79 Å². The number of esters is 1. The Balaban J connectivity index is 1.72. The molecule has 1 heterocycles. The van der Waals surface area contributed by atoms with Gasteiger partial charge in [-0.05, 0) is 88.9 Å². The summed E-state index contributed by atoms with van der Waals surface area (Å²) < 4.78 is 23.8. The highest BCUT2D eigenvalue weighted by molar-refractivity contribution is 14.1. The summed E-state index contributed by atoms with van der Waals surface area (Å²) in [5, 5.41) is 19.8. The molecule has 2 atom stereocenters. The van der Waals surface area contributed by atoms with Gasteiger partial charge in [0.25, 0.3) is 0 Å². The Hall–Kier alpha value is -2.79. The van der Waals surface area contributed by atoms with Gasteiger partial charge in [0, 0.05) is 14.8 Å². The smallest absolute Gasteiger partial charge is 0.337 e. The lowest BCUT2D eigenvalue weighted by Crippen LogP contribution is -2.45. The highest BCUT2D eigenvalue weighted by atomic mass is 127. The molecule has 0 saturated carbocycles. The lowest BCUT2D eigenvalue weighted by atomic mass is 9.95. The maximum Gasteiger partial charge on any atom is 0.337 e. The Bertz CT molecular complexity index is 1250. The number of rotatable bonds is 11. The molecule has 2 amide bonds. The third-order valence-corrected chi connectivity index (χ3v) is 6.76. The van der Waals surface area contributed by atoms with E-state index in [2.05, 4.69) is 66.3 Å². The second kappa shape index (κ2) is 13.8. The number of benzene rings is 2. The summed E-state index contributed by atoms with van der Waals surface area (Å²) in [6.07, 6.45) is 0.447. The molecule has 11 nitrogen and oxygen atoms in total. The summed E-state index contributed by atoms with van der Waals surface area (Å²) in [6, 6.07) is 7.74. The fourth-order valence-electron chi connectivity index (χ4n) is 3.71. The summed E-state index contributed by atoms with van der Waals surface area (Å²) >= 11 is 4.40. The zero-order valence-corrected chi connectivity index (χ0v) is 25.4. The standard InChI is InChI=1S/C25H28I2N4O7/c1-5-37-19-9-14(22-21(24(33)36-4)13(2)29-25(34)30-22)6-7-18(19)38-12-20(32)31-28-11-15-8-16(26)10-17(27)23(15)35-3/h6-11,20,22,31-32H,5,12H2,1-4H3,(H2,29,30,34)/b28-11+/t20-,22-/m0/s1. The number of nitrogens with one attached hydrogen (secondary N) is 3. The number of aliphatic hydroxyl groups is 1. The van der Waals surface area contributed by atoms with Crippen LogP contribution in [0.2, 0.25) is 0 Å². The molecule has 1 aliphatic heterocycles. The minimum Gasteiger partial charge on any atom is -0.495 e. The molecule has 3 rings (SSSR count). The molecule has 0 aliphatic carbocycles. The van der Waals surface area contributed by atoms with Crippen molar-refractivity contribution in [2.75, 3.05) is 27.4 Å². The Morgan fingerprint density at radius 1 is 1.21 bits per heavy atom. The lowest BCUT2D eigenvalue weighted by Gasteiger charge is -2.28. The topological polar surface area (TPSA) is 140 Å². The van der Waals surface area contributed by atoms with Gasteiger partial charge in [0.2, 0.25) is 0 Å². The number of carbonyl (C=O) groups is 2. The third kappa shape index (κ3) is 7.41. The van der Waals surface area contributed by atoms with Crippen LogP contribution < -0.4 is 30.3 Å². The number of hydrogen-bond acceptors (Lipinski definition) is 9. The molecule has 0 radical (unpaired) electrons. The average Bonchev–Trinajstić information content (AvgIpc) is 2.87. The molecule has 2 aromatic carbocycles. The fourth-order valence-corrected chi connectivity index (χ4v) is 5.82. The van der Waals surface area contributed by atoms with E-state index in [-0.39, 0.29) is 12.2 Å². The van der Waals surface area contributed by atoms with Crippen molar-refractivity contribution in [3.8, 4) is 17.2 Å². The van der Waals surface area contributed by atoms with Crippen LogP contribution in [-0.4, -0.2) is 57.0 Å². The molecule has 13 heteroatoms. The normalized spacial score (nSPS) is 16.0. The number of amides is 2. The maximum absolute atomic E-state index is 12.4. The van der Waals surface area contributed by atoms with E-state index in [1.807, 2.05) is 19.1 Å². The number of urea groups is 1. The number of aliphatic hydroxyl groups excluding tert-OH is 1. The highest BCUT2D eigenvalue weighted by Crippen LogP contribution is 2.35. The number of ether oxygens (including phenoxy) is 4. The van der Waals surface area contributed by atoms with Gasteiger partial charge >= 0.3 is 12.0 Å². The minimum atomic E-state index is -1.12. The van der Waals surface area contributed by atoms with E-state index in [1.54, 1.807) is 38.4 Å². The van der Waals surface area contributed by atoms with Crippen molar-refractivity contribution in [1.29, 1.82) is 0 Å². The van der Waals surface area contributed by atoms with E-state index < -0.39 is 24.3 Å². The van der Waals surface area contributed by atoms with Gasteiger partial charge in [-0.15, -0.1) is 0 Å². The zero-order valence-electron chi connectivity index (χ0n) is 21.1. The quantitative estimate of drug-likeness (QED) is 0.0902. The van der Waals surface area contributed by atoms with E-state index in [1.165, 1.54) is 7.11 Å². The molecule has 0 bridgehead atoms. The first-order valence-corrected chi connectivity index (χ1v) is 13.6. The Morgan fingerprint density at radius 2 is 1.97 bits per heavy atom. The zero-order chi connectivity index (χ0) is 27.8. The van der Waals surface area contributed by atoms with Gasteiger partial charge in [0.05, 0.1) is 42.2 Å². The molecular weight excluding hydrogens is 722 g/mol. The Labute approximate surface area is 247 Å². The number of methoxy groups -OCH3 is 2. The number of allylic oxidation sites excluding steroid dienone is 1. The summed E-state index contributed by atoms with van der Waals surface area (Å²) in [7, 11) is 2.87. The van der Waals surface area contributed by atoms with Crippen molar-refractivity contribution < 1.29 is 33.6 Å². The molecule has 38 heavy (non-hydrogen) atoms. The molecule has 4 N–H and O–H groups in total. The first-order valence-electron chi connectivity index (χ1n) is 11.4.